The Bertz CT molecular complexity index is 737. The van der Waals surface area contributed by atoms with E-state index in [2.05, 4.69) is 31.2 Å². The molecule has 0 unspecified atom stereocenters. The van der Waals surface area contributed by atoms with Gasteiger partial charge in [-0.15, -0.1) is 0 Å². The van der Waals surface area contributed by atoms with Crippen LogP contribution in [0, 0.1) is 0 Å². The molecule has 2 nitrogen and oxygen atoms in total. The lowest BCUT2D eigenvalue weighted by Crippen LogP contribution is -2.03. The van der Waals surface area contributed by atoms with E-state index in [0.29, 0.717) is 5.75 Å². The summed E-state index contributed by atoms with van der Waals surface area (Å²) >= 11 is 0. The number of esters is 1. The Morgan fingerprint density at radius 3 is 2.11 bits per heavy atom. The Morgan fingerprint density at radius 1 is 0.852 bits per heavy atom. The van der Waals surface area contributed by atoms with Crippen LogP contribution in [0.3, 0.4) is 0 Å². The summed E-state index contributed by atoms with van der Waals surface area (Å²) in [4.78, 5) is 11.7. The number of aryl methyl sites for hydroxylation is 1. The van der Waals surface area contributed by atoms with Gasteiger partial charge >= 0.3 is 5.97 Å². The van der Waals surface area contributed by atoms with Gasteiger partial charge in [-0.05, 0) is 48.6 Å². The smallest absolute Gasteiger partial charge is 0.336 e. The molecule has 0 radical (unpaired) electrons. The van der Waals surface area contributed by atoms with Gasteiger partial charge in [0.25, 0.3) is 0 Å². The van der Waals surface area contributed by atoms with Gasteiger partial charge in [0, 0.05) is 6.08 Å². The average Bonchev–Trinajstić information content (AvgIpc) is 2.69. The van der Waals surface area contributed by atoms with E-state index in [4.69, 9.17) is 4.74 Å². The van der Waals surface area contributed by atoms with E-state index in [1.165, 1.54) is 49.3 Å². The molecule has 2 aromatic rings. The van der Waals surface area contributed by atoms with E-state index < -0.39 is 0 Å². The predicted octanol–water partition coefficient (Wildman–Crippen LogP) is 6.90. The van der Waals surface area contributed by atoms with Crippen molar-refractivity contribution in [2.75, 3.05) is 0 Å². The highest BCUT2D eigenvalue weighted by molar-refractivity contribution is 5.84. The van der Waals surface area contributed by atoms with Gasteiger partial charge in [0.05, 0.1) is 0 Å². The Labute approximate surface area is 163 Å². The lowest BCUT2D eigenvalue weighted by molar-refractivity contribution is -0.128. The van der Waals surface area contributed by atoms with Gasteiger partial charge in [0.2, 0.25) is 0 Å². The molecule has 2 rings (SSSR count). The highest BCUT2D eigenvalue weighted by Gasteiger charge is 2.02. The molecule has 0 bridgehead atoms. The van der Waals surface area contributed by atoms with Crippen LogP contribution in [-0.4, -0.2) is 5.97 Å². The molecule has 142 valence electrons. The van der Waals surface area contributed by atoms with Crippen molar-refractivity contribution in [1.29, 1.82) is 0 Å². The number of hydrogen-bond donors (Lipinski definition) is 0. The van der Waals surface area contributed by atoms with Crippen LogP contribution in [0.15, 0.2) is 72.8 Å². The van der Waals surface area contributed by atoms with Gasteiger partial charge in [0.1, 0.15) is 5.75 Å². The lowest BCUT2D eigenvalue weighted by atomic mass is 10.0. The first-order chi connectivity index (χ1) is 13.2. The predicted molar refractivity (Wildman–Crippen MR) is 114 cm³/mol. The van der Waals surface area contributed by atoms with Crippen LogP contribution in [0.2, 0.25) is 0 Å². The molecule has 0 aliphatic rings. The van der Waals surface area contributed by atoms with E-state index in [1.807, 2.05) is 37.3 Å². The average molecular weight is 363 g/mol. The van der Waals surface area contributed by atoms with Crippen LogP contribution < -0.4 is 4.74 Å². The van der Waals surface area contributed by atoms with E-state index >= 15 is 0 Å². The molecule has 0 aromatic heterocycles. The Kier molecular flexibility index (Phi) is 9.12. The highest BCUT2D eigenvalue weighted by atomic mass is 16.5. The van der Waals surface area contributed by atoms with E-state index in [9.17, 15) is 4.79 Å². The summed E-state index contributed by atoms with van der Waals surface area (Å²) in [5.74, 6) is 0.182. The fourth-order valence-corrected chi connectivity index (χ4v) is 2.91. The number of rotatable bonds is 10. The zero-order chi connectivity index (χ0) is 19.3. The van der Waals surface area contributed by atoms with Gasteiger partial charge in [0.15, 0.2) is 0 Å². The molecule has 0 aliphatic carbocycles. The topological polar surface area (TPSA) is 26.3 Å². The fourth-order valence-electron chi connectivity index (χ4n) is 2.91. The second-order valence-corrected chi connectivity index (χ2v) is 6.69. The van der Waals surface area contributed by atoms with Gasteiger partial charge in [-0.2, -0.15) is 0 Å². The van der Waals surface area contributed by atoms with Crippen LogP contribution in [0.5, 0.6) is 5.75 Å². The fraction of sp³-hybridized carbons (Fsp3) is 0.320. The van der Waals surface area contributed by atoms with E-state index in [-0.39, 0.29) is 5.97 Å². The monoisotopic (exact) mass is 362 g/mol. The standard InChI is InChI=1S/C25H30O2/c1-3-5-7-8-10-11-21-13-15-22(16-14-21)23-17-19-24(20-18-23)27-25(26)12-9-6-4-2/h4,6,9,12-20H,3,5,7-8,10-11H2,1-2H3. The number of ether oxygens (including phenoxy) is 1. The zero-order valence-electron chi connectivity index (χ0n) is 16.5. The van der Waals surface area contributed by atoms with Gasteiger partial charge in [-0.3, -0.25) is 0 Å². The van der Waals surface area contributed by atoms with Gasteiger partial charge in [-0.1, -0.05) is 87.2 Å². The molecule has 2 aromatic carbocycles. The number of carbonyl (C=O) groups is 1. The molecule has 27 heavy (non-hydrogen) atoms. The first-order valence-corrected chi connectivity index (χ1v) is 9.93. The van der Waals surface area contributed by atoms with Crippen molar-refractivity contribution in [2.45, 2.75) is 52.4 Å². The molecular weight excluding hydrogens is 332 g/mol. The molecule has 0 heterocycles. The second-order valence-electron chi connectivity index (χ2n) is 6.69. The Morgan fingerprint density at radius 2 is 1.48 bits per heavy atom. The zero-order valence-corrected chi connectivity index (χ0v) is 16.5. The number of hydrogen-bond acceptors (Lipinski definition) is 2. The van der Waals surface area contributed by atoms with Crippen LogP contribution in [0.4, 0.5) is 0 Å². The summed E-state index contributed by atoms with van der Waals surface area (Å²) in [7, 11) is 0. The highest BCUT2D eigenvalue weighted by Crippen LogP contribution is 2.23. The third kappa shape index (κ3) is 7.65. The molecule has 0 atom stereocenters. The third-order valence-corrected chi connectivity index (χ3v) is 4.46. The molecular formula is C25H30O2. The summed E-state index contributed by atoms with van der Waals surface area (Å²) in [6, 6.07) is 16.4. The third-order valence-electron chi connectivity index (χ3n) is 4.46. The maximum absolute atomic E-state index is 11.7. The minimum Gasteiger partial charge on any atom is -0.423 e. The number of carbonyl (C=O) groups excluding carboxylic acids is 1. The van der Waals surface area contributed by atoms with Crippen molar-refractivity contribution in [3.05, 3.63) is 78.4 Å². The maximum atomic E-state index is 11.7. The van der Waals surface area contributed by atoms with E-state index in [1.54, 1.807) is 12.2 Å². The maximum Gasteiger partial charge on any atom is 0.336 e. The lowest BCUT2D eigenvalue weighted by Gasteiger charge is -2.06. The number of unbranched alkanes of at least 4 members (excludes halogenated alkanes) is 4. The molecule has 0 N–H and O–H groups in total. The number of allylic oxidation sites excluding steroid dienone is 3. The number of benzene rings is 2. The van der Waals surface area contributed by atoms with Crippen molar-refractivity contribution in [3.8, 4) is 16.9 Å². The quantitative estimate of drug-likeness (QED) is 0.151. The van der Waals surface area contributed by atoms with Crippen LogP contribution in [0.1, 0.15) is 51.5 Å². The van der Waals surface area contributed by atoms with Crippen LogP contribution >= 0.6 is 0 Å². The molecule has 0 saturated carbocycles. The largest absolute Gasteiger partial charge is 0.423 e. The molecule has 2 heteroatoms. The second kappa shape index (κ2) is 11.9. The first-order valence-electron chi connectivity index (χ1n) is 9.93. The normalized spacial score (nSPS) is 11.3. The molecule has 0 spiro atoms. The summed E-state index contributed by atoms with van der Waals surface area (Å²) in [6.07, 6.45) is 14.4. The summed E-state index contributed by atoms with van der Waals surface area (Å²) in [6.45, 7) is 4.14. The Hall–Kier alpha value is -2.61. The van der Waals surface area contributed by atoms with Crippen LogP contribution in [0.25, 0.3) is 11.1 Å². The molecule has 0 amide bonds. The van der Waals surface area contributed by atoms with Gasteiger partial charge in [-0.25, -0.2) is 4.79 Å². The first kappa shape index (κ1) is 20.7. The van der Waals surface area contributed by atoms with Crippen molar-refractivity contribution in [1.82, 2.24) is 0 Å². The van der Waals surface area contributed by atoms with Crippen molar-refractivity contribution < 1.29 is 9.53 Å². The summed E-state index contributed by atoms with van der Waals surface area (Å²) in [5.41, 5.74) is 3.69. The Balaban J connectivity index is 1.88. The summed E-state index contributed by atoms with van der Waals surface area (Å²) < 4.78 is 5.28. The van der Waals surface area contributed by atoms with Gasteiger partial charge < -0.3 is 4.74 Å². The van der Waals surface area contributed by atoms with Crippen molar-refractivity contribution >= 4 is 5.97 Å². The van der Waals surface area contributed by atoms with Crippen molar-refractivity contribution in [2.24, 2.45) is 0 Å². The minimum atomic E-state index is -0.371. The molecule has 0 saturated heterocycles. The molecule has 0 fully saturated rings. The summed E-state index contributed by atoms with van der Waals surface area (Å²) in [5, 5.41) is 0. The van der Waals surface area contributed by atoms with Crippen molar-refractivity contribution in [3.63, 3.8) is 0 Å². The SMILES string of the molecule is CC=CC=CC(=O)Oc1ccc(-c2ccc(CCCCCCC)cc2)cc1. The minimum absolute atomic E-state index is 0.371. The van der Waals surface area contributed by atoms with Crippen LogP contribution in [-0.2, 0) is 11.2 Å². The molecule has 0 aliphatic heterocycles. The van der Waals surface area contributed by atoms with E-state index in [0.717, 1.165) is 12.0 Å².